The Kier molecular flexibility index (Phi) is 4.09. The third kappa shape index (κ3) is 2.84. The van der Waals surface area contributed by atoms with E-state index in [-0.39, 0.29) is 23.4 Å². The molecule has 0 aromatic heterocycles. The van der Waals surface area contributed by atoms with Crippen LogP contribution in [0.2, 0.25) is 5.02 Å². The van der Waals surface area contributed by atoms with Gasteiger partial charge in [0.25, 0.3) is 0 Å². The minimum absolute atomic E-state index is 0.0119. The molecular formula is C10H11ClFNO3. The van der Waals surface area contributed by atoms with Gasteiger partial charge < -0.3 is 15.9 Å². The van der Waals surface area contributed by atoms with Gasteiger partial charge in [0.15, 0.2) is 0 Å². The van der Waals surface area contributed by atoms with E-state index in [2.05, 4.69) is 0 Å². The Morgan fingerprint density at radius 2 is 2.19 bits per heavy atom. The molecule has 0 spiro atoms. The van der Waals surface area contributed by atoms with Crippen molar-refractivity contribution in [2.75, 3.05) is 0 Å². The van der Waals surface area contributed by atoms with E-state index in [1.165, 1.54) is 6.07 Å². The molecule has 16 heavy (non-hydrogen) atoms. The highest BCUT2D eigenvalue weighted by atomic mass is 35.5. The molecule has 1 atom stereocenters. The number of aliphatic carboxylic acids is 1. The van der Waals surface area contributed by atoms with Crippen LogP contribution in [0.4, 0.5) is 4.39 Å². The van der Waals surface area contributed by atoms with Gasteiger partial charge in [-0.2, -0.15) is 0 Å². The number of hydrogen-bond donors (Lipinski definition) is 3. The number of halogens is 2. The summed E-state index contributed by atoms with van der Waals surface area (Å²) >= 11 is 5.60. The van der Waals surface area contributed by atoms with Crippen LogP contribution in [0.3, 0.4) is 0 Å². The smallest absolute Gasteiger partial charge is 0.303 e. The molecule has 0 amide bonds. The summed E-state index contributed by atoms with van der Waals surface area (Å²) in [5.74, 6) is -2.16. The molecule has 1 rings (SSSR count). The lowest BCUT2D eigenvalue weighted by atomic mass is 10.0. The summed E-state index contributed by atoms with van der Waals surface area (Å²) < 4.78 is 13.4. The van der Waals surface area contributed by atoms with Crippen LogP contribution in [0.25, 0.3) is 0 Å². The van der Waals surface area contributed by atoms with Crippen molar-refractivity contribution in [3.05, 3.63) is 28.5 Å². The predicted octanol–water partition coefficient (Wildman–Crippen LogP) is 2.05. The normalized spacial score (nSPS) is 12.4. The van der Waals surface area contributed by atoms with Gasteiger partial charge in [0.05, 0.1) is 5.02 Å². The molecule has 0 fully saturated rings. The van der Waals surface area contributed by atoms with Crippen molar-refractivity contribution in [1.82, 2.24) is 0 Å². The van der Waals surface area contributed by atoms with Crippen molar-refractivity contribution in [2.45, 2.75) is 18.9 Å². The minimum Gasteiger partial charge on any atom is -0.506 e. The summed E-state index contributed by atoms with van der Waals surface area (Å²) in [6.45, 7) is 0. The van der Waals surface area contributed by atoms with Crippen LogP contribution < -0.4 is 5.73 Å². The lowest BCUT2D eigenvalue weighted by Crippen LogP contribution is -2.14. The monoisotopic (exact) mass is 247 g/mol. The number of phenolic OH excluding ortho intramolecular Hbond substituents is 1. The summed E-state index contributed by atoms with van der Waals surface area (Å²) in [5, 5.41) is 18.0. The second-order valence-corrected chi connectivity index (χ2v) is 3.74. The average Bonchev–Trinajstić information content (AvgIpc) is 2.21. The molecular weight excluding hydrogens is 237 g/mol. The van der Waals surface area contributed by atoms with Gasteiger partial charge in [0, 0.05) is 18.0 Å². The Morgan fingerprint density at radius 3 is 2.75 bits per heavy atom. The van der Waals surface area contributed by atoms with Crippen LogP contribution in [0.15, 0.2) is 12.1 Å². The van der Waals surface area contributed by atoms with E-state index in [1.54, 1.807) is 0 Å². The summed E-state index contributed by atoms with van der Waals surface area (Å²) in [6, 6.07) is 1.40. The maximum Gasteiger partial charge on any atom is 0.303 e. The molecule has 1 aromatic rings. The Balaban J connectivity index is 2.94. The number of hydrogen-bond acceptors (Lipinski definition) is 3. The van der Waals surface area contributed by atoms with Gasteiger partial charge in [0.2, 0.25) is 0 Å². The van der Waals surface area contributed by atoms with Gasteiger partial charge in [-0.15, -0.1) is 0 Å². The Bertz CT molecular complexity index is 411. The standard InChI is InChI=1S/C10H11ClFNO3/c11-5-1-2-6(12)9(10(5)16)7(13)3-4-8(14)15/h1-2,7,16H,3-4,13H2,(H,14,15). The molecule has 0 aliphatic carbocycles. The zero-order valence-corrected chi connectivity index (χ0v) is 9.04. The van der Waals surface area contributed by atoms with Crippen LogP contribution in [0, 0.1) is 5.82 Å². The quantitative estimate of drug-likeness (QED) is 0.760. The van der Waals surface area contributed by atoms with E-state index in [0.29, 0.717) is 0 Å². The summed E-state index contributed by atoms with van der Waals surface area (Å²) in [5.41, 5.74) is 5.45. The molecule has 0 bridgehead atoms. The minimum atomic E-state index is -1.03. The average molecular weight is 248 g/mol. The van der Waals surface area contributed by atoms with Crippen molar-refractivity contribution in [3.63, 3.8) is 0 Å². The van der Waals surface area contributed by atoms with Crippen molar-refractivity contribution < 1.29 is 19.4 Å². The van der Waals surface area contributed by atoms with Gasteiger partial charge in [-0.1, -0.05) is 11.6 Å². The van der Waals surface area contributed by atoms with E-state index < -0.39 is 23.6 Å². The Morgan fingerprint density at radius 1 is 1.56 bits per heavy atom. The maximum atomic E-state index is 13.4. The van der Waals surface area contributed by atoms with Crippen LogP contribution >= 0.6 is 11.6 Å². The van der Waals surface area contributed by atoms with Gasteiger partial charge in [-0.3, -0.25) is 4.79 Å². The number of phenols is 1. The second kappa shape index (κ2) is 5.14. The number of rotatable bonds is 4. The molecule has 4 N–H and O–H groups in total. The fourth-order valence-corrected chi connectivity index (χ4v) is 1.50. The van der Waals surface area contributed by atoms with Crippen LogP contribution in [-0.2, 0) is 4.79 Å². The number of carbonyl (C=O) groups is 1. The number of aromatic hydroxyl groups is 1. The SMILES string of the molecule is NC(CCC(=O)O)c1c(F)ccc(Cl)c1O. The van der Waals surface area contributed by atoms with Gasteiger partial charge in [0.1, 0.15) is 11.6 Å². The lowest BCUT2D eigenvalue weighted by Gasteiger charge is -2.14. The van der Waals surface area contributed by atoms with E-state index >= 15 is 0 Å². The summed E-state index contributed by atoms with van der Waals surface area (Å²) in [4.78, 5) is 10.3. The topological polar surface area (TPSA) is 83.6 Å². The third-order valence-corrected chi connectivity index (χ3v) is 2.46. The Hall–Kier alpha value is -1.33. The lowest BCUT2D eigenvalue weighted by molar-refractivity contribution is -0.137. The van der Waals surface area contributed by atoms with Gasteiger partial charge in [-0.05, 0) is 18.6 Å². The highest BCUT2D eigenvalue weighted by molar-refractivity contribution is 6.32. The molecule has 4 nitrogen and oxygen atoms in total. The van der Waals surface area contributed by atoms with Crippen LogP contribution in [0.5, 0.6) is 5.75 Å². The third-order valence-electron chi connectivity index (χ3n) is 2.15. The fraction of sp³-hybridized carbons (Fsp3) is 0.300. The second-order valence-electron chi connectivity index (χ2n) is 3.33. The maximum absolute atomic E-state index is 13.4. The largest absolute Gasteiger partial charge is 0.506 e. The zero-order valence-electron chi connectivity index (χ0n) is 8.28. The number of benzene rings is 1. The molecule has 6 heteroatoms. The van der Waals surface area contributed by atoms with E-state index in [4.69, 9.17) is 22.4 Å². The van der Waals surface area contributed by atoms with E-state index in [1.807, 2.05) is 0 Å². The first-order valence-corrected chi connectivity index (χ1v) is 4.95. The van der Waals surface area contributed by atoms with Crippen molar-refractivity contribution in [3.8, 4) is 5.75 Å². The molecule has 0 saturated carbocycles. The number of nitrogens with two attached hydrogens (primary N) is 1. The van der Waals surface area contributed by atoms with Crippen LogP contribution in [0.1, 0.15) is 24.4 Å². The van der Waals surface area contributed by atoms with Gasteiger partial charge in [-0.25, -0.2) is 4.39 Å². The Labute approximate surface area is 96.4 Å². The first-order chi connectivity index (χ1) is 7.43. The molecule has 0 aliphatic heterocycles. The van der Waals surface area contributed by atoms with E-state index in [9.17, 15) is 14.3 Å². The van der Waals surface area contributed by atoms with Crippen molar-refractivity contribution in [1.29, 1.82) is 0 Å². The predicted molar refractivity (Wildman–Crippen MR) is 56.9 cm³/mol. The first kappa shape index (κ1) is 12.7. The molecule has 0 radical (unpaired) electrons. The highest BCUT2D eigenvalue weighted by Crippen LogP contribution is 2.34. The number of carboxylic acids is 1. The van der Waals surface area contributed by atoms with Gasteiger partial charge >= 0.3 is 5.97 Å². The van der Waals surface area contributed by atoms with Crippen LogP contribution in [-0.4, -0.2) is 16.2 Å². The first-order valence-electron chi connectivity index (χ1n) is 4.57. The summed E-state index contributed by atoms with van der Waals surface area (Å²) in [7, 11) is 0. The van der Waals surface area contributed by atoms with Crippen molar-refractivity contribution in [2.24, 2.45) is 5.73 Å². The molecule has 88 valence electrons. The van der Waals surface area contributed by atoms with Crippen molar-refractivity contribution >= 4 is 17.6 Å². The highest BCUT2D eigenvalue weighted by Gasteiger charge is 2.19. The summed E-state index contributed by atoms with van der Waals surface area (Å²) in [6.07, 6.45) is -0.174. The molecule has 0 aliphatic rings. The van der Waals surface area contributed by atoms with E-state index in [0.717, 1.165) is 6.07 Å². The molecule has 0 heterocycles. The number of carboxylic acid groups (broad SMARTS) is 1. The molecule has 1 unspecified atom stereocenters. The molecule has 1 aromatic carbocycles. The zero-order chi connectivity index (χ0) is 12.3. The fourth-order valence-electron chi connectivity index (χ4n) is 1.33. The molecule has 0 saturated heterocycles.